The number of benzene rings is 1. The molecule has 0 spiro atoms. The van der Waals surface area contributed by atoms with Crippen LogP contribution in [0.15, 0.2) is 40.9 Å². The molecule has 0 unspecified atom stereocenters. The monoisotopic (exact) mass is 270 g/mol. The van der Waals surface area contributed by atoms with Gasteiger partial charge in [0.05, 0.1) is 5.92 Å². The van der Waals surface area contributed by atoms with Gasteiger partial charge in [0.2, 0.25) is 11.8 Å². The summed E-state index contributed by atoms with van der Waals surface area (Å²) in [5.41, 5.74) is 1.05. The van der Waals surface area contributed by atoms with E-state index in [1.807, 2.05) is 30.3 Å². The van der Waals surface area contributed by atoms with Crippen LogP contribution in [0.3, 0.4) is 0 Å². The van der Waals surface area contributed by atoms with Gasteiger partial charge < -0.3 is 4.52 Å². The van der Waals surface area contributed by atoms with E-state index in [1.54, 1.807) is 13.0 Å². The Balaban J connectivity index is 1.80. The molecule has 1 saturated heterocycles. The standard InChI is InChI=1S/C15H14N2O3/c1-10-7-13(16-20-10)17-14(18)9-12(15(17)19)8-11-5-3-2-4-6-11/h2-7,12H,8-9H2,1H3/t12-/m1/s1. The van der Waals surface area contributed by atoms with E-state index in [2.05, 4.69) is 5.16 Å². The Morgan fingerprint density at radius 3 is 2.70 bits per heavy atom. The van der Waals surface area contributed by atoms with Gasteiger partial charge in [0, 0.05) is 12.5 Å². The summed E-state index contributed by atoms with van der Waals surface area (Å²) in [4.78, 5) is 25.5. The molecular formula is C15H14N2O3. The van der Waals surface area contributed by atoms with Crippen LogP contribution in [0.2, 0.25) is 0 Å². The summed E-state index contributed by atoms with van der Waals surface area (Å²) in [6.45, 7) is 1.73. The Bertz CT molecular complexity index is 648. The van der Waals surface area contributed by atoms with Gasteiger partial charge in [0.15, 0.2) is 5.82 Å². The number of imide groups is 1. The van der Waals surface area contributed by atoms with Crippen LogP contribution in [0.1, 0.15) is 17.7 Å². The molecule has 1 aromatic carbocycles. The maximum Gasteiger partial charge on any atom is 0.239 e. The van der Waals surface area contributed by atoms with Crippen molar-refractivity contribution in [2.75, 3.05) is 4.90 Å². The normalized spacial score (nSPS) is 18.9. The van der Waals surface area contributed by atoms with Gasteiger partial charge in [-0.3, -0.25) is 9.59 Å². The third-order valence-electron chi connectivity index (χ3n) is 3.41. The number of rotatable bonds is 3. The van der Waals surface area contributed by atoms with E-state index < -0.39 is 0 Å². The third kappa shape index (κ3) is 2.22. The summed E-state index contributed by atoms with van der Waals surface area (Å²) in [6.07, 6.45) is 0.790. The van der Waals surface area contributed by atoms with E-state index in [9.17, 15) is 9.59 Å². The van der Waals surface area contributed by atoms with Crippen molar-refractivity contribution in [1.29, 1.82) is 0 Å². The van der Waals surface area contributed by atoms with Crippen molar-refractivity contribution in [3.05, 3.63) is 47.7 Å². The Morgan fingerprint density at radius 1 is 1.30 bits per heavy atom. The first-order chi connectivity index (χ1) is 9.65. The molecule has 3 rings (SSSR count). The van der Waals surface area contributed by atoms with Crippen LogP contribution in [0, 0.1) is 12.8 Å². The highest BCUT2D eigenvalue weighted by atomic mass is 16.5. The predicted molar refractivity (Wildman–Crippen MR) is 72.0 cm³/mol. The third-order valence-corrected chi connectivity index (χ3v) is 3.41. The van der Waals surface area contributed by atoms with Crippen molar-refractivity contribution in [1.82, 2.24) is 5.16 Å². The molecule has 102 valence electrons. The lowest BCUT2D eigenvalue weighted by molar-refractivity contribution is -0.122. The number of nitrogens with zero attached hydrogens (tertiary/aromatic N) is 2. The smallest absolute Gasteiger partial charge is 0.239 e. The number of amides is 2. The van der Waals surface area contributed by atoms with Crippen LogP contribution < -0.4 is 4.90 Å². The molecule has 0 saturated carbocycles. The number of aromatic nitrogens is 1. The van der Waals surface area contributed by atoms with Crippen molar-refractivity contribution in [2.45, 2.75) is 19.8 Å². The molecule has 1 fully saturated rings. The number of carbonyl (C=O) groups is 2. The zero-order valence-electron chi connectivity index (χ0n) is 11.1. The second-order valence-corrected chi connectivity index (χ2v) is 4.95. The number of carbonyl (C=O) groups excluding carboxylic acids is 2. The number of aryl methyl sites for hydroxylation is 1. The quantitative estimate of drug-likeness (QED) is 0.801. The van der Waals surface area contributed by atoms with E-state index in [-0.39, 0.29) is 30.0 Å². The van der Waals surface area contributed by atoms with E-state index in [0.29, 0.717) is 12.2 Å². The molecule has 2 heterocycles. The maximum absolute atomic E-state index is 12.4. The molecule has 5 nitrogen and oxygen atoms in total. The second kappa shape index (κ2) is 4.92. The van der Waals surface area contributed by atoms with Crippen LogP contribution in [0.5, 0.6) is 0 Å². The van der Waals surface area contributed by atoms with E-state index >= 15 is 0 Å². The van der Waals surface area contributed by atoms with Crippen molar-refractivity contribution in [3.8, 4) is 0 Å². The topological polar surface area (TPSA) is 63.4 Å². The fraction of sp³-hybridized carbons (Fsp3) is 0.267. The average Bonchev–Trinajstić information content (AvgIpc) is 2.96. The van der Waals surface area contributed by atoms with Crippen molar-refractivity contribution in [2.24, 2.45) is 5.92 Å². The zero-order chi connectivity index (χ0) is 14.1. The summed E-state index contributed by atoms with van der Waals surface area (Å²) >= 11 is 0. The molecule has 0 aliphatic carbocycles. The van der Waals surface area contributed by atoms with Gasteiger partial charge >= 0.3 is 0 Å². The fourth-order valence-electron chi connectivity index (χ4n) is 2.45. The lowest BCUT2D eigenvalue weighted by Crippen LogP contribution is -2.31. The maximum atomic E-state index is 12.4. The van der Waals surface area contributed by atoms with E-state index in [4.69, 9.17) is 4.52 Å². The van der Waals surface area contributed by atoms with Crippen molar-refractivity contribution < 1.29 is 14.1 Å². The highest BCUT2D eigenvalue weighted by Crippen LogP contribution is 2.28. The molecular weight excluding hydrogens is 256 g/mol. The molecule has 1 atom stereocenters. The lowest BCUT2D eigenvalue weighted by atomic mass is 9.98. The predicted octanol–water partition coefficient (Wildman–Crippen LogP) is 2.11. The van der Waals surface area contributed by atoms with E-state index in [0.717, 1.165) is 10.5 Å². The summed E-state index contributed by atoms with van der Waals surface area (Å²) in [7, 11) is 0. The molecule has 1 aliphatic heterocycles. The first kappa shape index (κ1) is 12.6. The van der Waals surface area contributed by atoms with Crippen LogP contribution >= 0.6 is 0 Å². The SMILES string of the molecule is Cc1cc(N2C(=O)C[C@@H](Cc3ccccc3)C2=O)no1. The summed E-state index contributed by atoms with van der Waals surface area (Å²) in [5.74, 6) is 0.124. The fourth-order valence-corrected chi connectivity index (χ4v) is 2.45. The first-order valence-electron chi connectivity index (χ1n) is 6.49. The molecule has 2 amide bonds. The van der Waals surface area contributed by atoms with Gasteiger partial charge in [0.1, 0.15) is 5.76 Å². The molecule has 0 radical (unpaired) electrons. The van der Waals surface area contributed by atoms with Gasteiger partial charge in [-0.25, -0.2) is 4.90 Å². The van der Waals surface area contributed by atoms with Crippen LogP contribution in [-0.4, -0.2) is 17.0 Å². The molecule has 5 heteroatoms. The van der Waals surface area contributed by atoms with Gasteiger partial charge in [0.25, 0.3) is 0 Å². The molecule has 20 heavy (non-hydrogen) atoms. The van der Waals surface area contributed by atoms with Crippen LogP contribution in [-0.2, 0) is 16.0 Å². The largest absolute Gasteiger partial charge is 0.360 e. The Hall–Kier alpha value is -2.43. The highest BCUT2D eigenvalue weighted by molar-refractivity contribution is 6.20. The number of hydrogen-bond acceptors (Lipinski definition) is 4. The summed E-state index contributed by atoms with van der Waals surface area (Å²) < 4.78 is 4.93. The van der Waals surface area contributed by atoms with E-state index in [1.165, 1.54) is 0 Å². The summed E-state index contributed by atoms with van der Waals surface area (Å²) in [6, 6.07) is 11.3. The second-order valence-electron chi connectivity index (χ2n) is 4.95. The Labute approximate surface area is 116 Å². The minimum absolute atomic E-state index is 0.202. The Kier molecular flexibility index (Phi) is 3.10. The summed E-state index contributed by atoms with van der Waals surface area (Å²) in [5, 5.41) is 3.75. The minimum Gasteiger partial charge on any atom is -0.360 e. The van der Waals surface area contributed by atoms with Gasteiger partial charge in [-0.05, 0) is 18.9 Å². The molecule has 1 aliphatic rings. The highest BCUT2D eigenvalue weighted by Gasteiger charge is 2.40. The average molecular weight is 270 g/mol. The van der Waals surface area contributed by atoms with Gasteiger partial charge in [-0.2, -0.15) is 0 Å². The molecule has 0 N–H and O–H groups in total. The van der Waals surface area contributed by atoms with Crippen molar-refractivity contribution >= 4 is 17.6 Å². The van der Waals surface area contributed by atoms with Gasteiger partial charge in [-0.1, -0.05) is 35.5 Å². The number of anilines is 1. The van der Waals surface area contributed by atoms with Crippen molar-refractivity contribution in [3.63, 3.8) is 0 Å². The zero-order valence-corrected chi connectivity index (χ0v) is 11.1. The first-order valence-corrected chi connectivity index (χ1v) is 6.49. The molecule has 1 aromatic heterocycles. The minimum atomic E-state index is -0.318. The van der Waals surface area contributed by atoms with Crippen LogP contribution in [0.4, 0.5) is 5.82 Å². The number of hydrogen-bond donors (Lipinski definition) is 0. The molecule has 2 aromatic rings. The Morgan fingerprint density at radius 2 is 2.05 bits per heavy atom. The van der Waals surface area contributed by atoms with Gasteiger partial charge in [-0.15, -0.1) is 0 Å². The van der Waals surface area contributed by atoms with Crippen LogP contribution in [0.25, 0.3) is 0 Å². The lowest BCUT2D eigenvalue weighted by Gasteiger charge is -2.11. The molecule has 0 bridgehead atoms.